The first kappa shape index (κ1) is 16.4. The molecule has 5 nitrogen and oxygen atoms in total. The van der Waals surface area contributed by atoms with Crippen LogP contribution in [0.25, 0.3) is 0 Å². The molecule has 1 aliphatic heterocycles. The smallest absolute Gasteiger partial charge is 0.314 e. The molecule has 120 valence electrons. The molecular weight excluding hydrogens is 294 g/mol. The molecule has 2 rings (SSSR count). The zero-order chi connectivity index (χ0) is 16.2. The Morgan fingerprint density at radius 2 is 2.09 bits per heavy atom. The number of benzene rings is 1. The number of hydrogen-bond donors (Lipinski definition) is 2. The number of alkyl halides is 2. The predicted molar refractivity (Wildman–Crippen MR) is 75.6 cm³/mol. The van der Waals surface area contributed by atoms with Crippen molar-refractivity contribution < 1.29 is 23.1 Å². The second-order valence-corrected chi connectivity index (χ2v) is 5.23. The molecule has 2 N–H and O–H groups in total. The minimum Gasteiger partial charge on any atom is -0.468 e. The van der Waals surface area contributed by atoms with E-state index < -0.39 is 42.7 Å². The Labute approximate surface area is 127 Å². The lowest BCUT2D eigenvalue weighted by Gasteiger charge is -2.17. The van der Waals surface area contributed by atoms with Gasteiger partial charge in [0.2, 0.25) is 5.91 Å². The Hall–Kier alpha value is -2.02. The minimum atomic E-state index is -2.87. The number of amides is 1. The standard InChI is InChI=1S/C15H18F2N2O3/c1-22-14(21)11(10-5-3-2-4-6-10)8-18-13(20)12-7-15(16,17)9-19-12/h2-6,11-12,19H,7-9H2,1H3,(H,18,20). The van der Waals surface area contributed by atoms with Gasteiger partial charge in [0.25, 0.3) is 5.92 Å². The number of carbonyl (C=O) groups is 2. The number of carbonyl (C=O) groups excluding carboxylic acids is 2. The van der Waals surface area contributed by atoms with Gasteiger partial charge in [0.1, 0.15) is 0 Å². The summed E-state index contributed by atoms with van der Waals surface area (Å²) in [5.41, 5.74) is 0.694. The lowest BCUT2D eigenvalue weighted by atomic mass is 9.99. The topological polar surface area (TPSA) is 67.4 Å². The Bertz CT molecular complexity index is 537. The highest BCUT2D eigenvalue weighted by Gasteiger charge is 2.42. The van der Waals surface area contributed by atoms with Crippen molar-refractivity contribution in [3.63, 3.8) is 0 Å². The molecule has 0 spiro atoms. The van der Waals surface area contributed by atoms with E-state index in [0.717, 1.165) is 0 Å². The predicted octanol–water partition coefficient (Wildman–Crippen LogP) is 1.06. The van der Waals surface area contributed by atoms with E-state index in [2.05, 4.69) is 10.6 Å². The van der Waals surface area contributed by atoms with Gasteiger partial charge in [-0.3, -0.25) is 14.9 Å². The molecule has 22 heavy (non-hydrogen) atoms. The molecular formula is C15H18F2N2O3. The Balaban J connectivity index is 1.97. The van der Waals surface area contributed by atoms with Crippen molar-refractivity contribution >= 4 is 11.9 Å². The van der Waals surface area contributed by atoms with E-state index in [0.29, 0.717) is 5.56 Å². The maximum atomic E-state index is 13.1. The van der Waals surface area contributed by atoms with Crippen molar-refractivity contribution in [2.24, 2.45) is 0 Å². The van der Waals surface area contributed by atoms with Crippen molar-refractivity contribution in [1.82, 2.24) is 10.6 Å². The zero-order valence-corrected chi connectivity index (χ0v) is 12.1. The van der Waals surface area contributed by atoms with Crippen LogP contribution in [-0.4, -0.2) is 44.0 Å². The first-order valence-electron chi connectivity index (χ1n) is 6.94. The van der Waals surface area contributed by atoms with E-state index in [1.165, 1.54) is 7.11 Å². The molecule has 0 radical (unpaired) electrons. The van der Waals surface area contributed by atoms with Gasteiger partial charge in [-0.1, -0.05) is 30.3 Å². The largest absolute Gasteiger partial charge is 0.468 e. The van der Waals surface area contributed by atoms with Gasteiger partial charge < -0.3 is 10.1 Å². The van der Waals surface area contributed by atoms with E-state index in [1.54, 1.807) is 30.3 Å². The quantitative estimate of drug-likeness (QED) is 0.798. The molecule has 1 heterocycles. The fraction of sp³-hybridized carbons (Fsp3) is 0.467. The van der Waals surface area contributed by atoms with Crippen molar-refractivity contribution in [2.45, 2.75) is 24.3 Å². The number of halogens is 2. The Morgan fingerprint density at radius 3 is 2.64 bits per heavy atom. The molecule has 0 aliphatic carbocycles. The highest BCUT2D eigenvalue weighted by Crippen LogP contribution is 2.25. The first-order valence-corrected chi connectivity index (χ1v) is 6.94. The van der Waals surface area contributed by atoms with Crippen LogP contribution in [0.15, 0.2) is 30.3 Å². The Kier molecular flexibility index (Phi) is 5.07. The normalized spacial score (nSPS) is 21.1. The zero-order valence-electron chi connectivity index (χ0n) is 12.1. The van der Waals surface area contributed by atoms with Gasteiger partial charge in [0, 0.05) is 13.0 Å². The number of nitrogens with one attached hydrogen (secondary N) is 2. The summed E-state index contributed by atoms with van der Waals surface area (Å²) in [6.07, 6.45) is -0.535. The van der Waals surface area contributed by atoms with Gasteiger partial charge >= 0.3 is 5.97 Å². The molecule has 7 heteroatoms. The first-order chi connectivity index (χ1) is 10.4. The van der Waals surface area contributed by atoms with E-state index in [-0.39, 0.29) is 6.54 Å². The van der Waals surface area contributed by atoms with Gasteiger partial charge in [-0.25, -0.2) is 8.78 Å². The summed E-state index contributed by atoms with van der Waals surface area (Å²) >= 11 is 0. The summed E-state index contributed by atoms with van der Waals surface area (Å²) in [4.78, 5) is 23.8. The number of esters is 1. The SMILES string of the molecule is COC(=O)C(CNC(=O)C1CC(F)(F)CN1)c1ccccc1. The maximum absolute atomic E-state index is 13.1. The molecule has 2 atom stereocenters. The van der Waals surface area contributed by atoms with Crippen LogP contribution in [0.2, 0.25) is 0 Å². The third-order valence-electron chi connectivity index (χ3n) is 3.59. The van der Waals surface area contributed by atoms with E-state index >= 15 is 0 Å². The molecule has 1 fully saturated rings. The van der Waals surface area contributed by atoms with E-state index in [9.17, 15) is 18.4 Å². The van der Waals surface area contributed by atoms with E-state index in [1.807, 2.05) is 0 Å². The fourth-order valence-electron chi connectivity index (χ4n) is 2.39. The molecule has 1 saturated heterocycles. The summed E-state index contributed by atoms with van der Waals surface area (Å²) in [5, 5.41) is 5.02. The minimum absolute atomic E-state index is 0.000723. The number of methoxy groups -OCH3 is 1. The number of hydrogen-bond acceptors (Lipinski definition) is 4. The van der Waals surface area contributed by atoms with Crippen LogP contribution in [0.1, 0.15) is 17.9 Å². The number of ether oxygens (including phenoxy) is 1. The maximum Gasteiger partial charge on any atom is 0.314 e. The van der Waals surface area contributed by atoms with Gasteiger partial charge in [-0.15, -0.1) is 0 Å². The van der Waals surface area contributed by atoms with Gasteiger partial charge in [0.05, 0.1) is 25.6 Å². The van der Waals surface area contributed by atoms with Crippen LogP contribution in [0.4, 0.5) is 8.78 Å². The van der Waals surface area contributed by atoms with Gasteiger partial charge in [-0.05, 0) is 5.56 Å². The van der Waals surface area contributed by atoms with E-state index in [4.69, 9.17) is 4.74 Å². The van der Waals surface area contributed by atoms with Gasteiger partial charge in [0.15, 0.2) is 0 Å². The molecule has 0 bridgehead atoms. The summed E-state index contributed by atoms with van der Waals surface area (Å²) < 4.78 is 30.9. The third-order valence-corrected chi connectivity index (χ3v) is 3.59. The highest BCUT2D eigenvalue weighted by molar-refractivity contribution is 5.84. The molecule has 1 amide bonds. The average Bonchev–Trinajstić information content (AvgIpc) is 2.88. The molecule has 1 aromatic rings. The van der Waals surface area contributed by atoms with Crippen molar-refractivity contribution in [1.29, 1.82) is 0 Å². The van der Waals surface area contributed by atoms with Gasteiger partial charge in [-0.2, -0.15) is 0 Å². The lowest BCUT2D eigenvalue weighted by molar-refractivity contribution is -0.142. The van der Waals surface area contributed by atoms with Crippen molar-refractivity contribution in [3.05, 3.63) is 35.9 Å². The summed E-state index contributed by atoms with van der Waals surface area (Å²) in [6.45, 7) is -0.510. The summed E-state index contributed by atoms with van der Waals surface area (Å²) in [6, 6.07) is 7.90. The molecule has 1 aliphatic rings. The highest BCUT2D eigenvalue weighted by atomic mass is 19.3. The molecule has 0 aromatic heterocycles. The van der Waals surface area contributed by atoms with Crippen LogP contribution in [-0.2, 0) is 14.3 Å². The number of rotatable bonds is 5. The second kappa shape index (κ2) is 6.83. The fourth-order valence-corrected chi connectivity index (χ4v) is 2.39. The Morgan fingerprint density at radius 1 is 1.41 bits per heavy atom. The summed E-state index contributed by atoms with van der Waals surface area (Å²) in [5.74, 6) is -4.57. The van der Waals surface area contributed by atoms with Crippen LogP contribution in [0.3, 0.4) is 0 Å². The summed E-state index contributed by atoms with van der Waals surface area (Å²) in [7, 11) is 1.26. The van der Waals surface area contributed by atoms with Crippen molar-refractivity contribution in [2.75, 3.05) is 20.2 Å². The molecule has 2 unspecified atom stereocenters. The van der Waals surface area contributed by atoms with Crippen LogP contribution in [0, 0.1) is 0 Å². The lowest BCUT2D eigenvalue weighted by Crippen LogP contribution is -2.42. The monoisotopic (exact) mass is 312 g/mol. The molecule has 0 saturated carbocycles. The average molecular weight is 312 g/mol. The third kappa shape index (κ3) is 4.00. The second-order valence-electron chi connectivity index (χ2n) is 5.23. The van der Waals surface area contributed by atoms with Crippen LogP contribution >= 0.6 is 0 Å². The van der Waals surface area contributed by atoms with Crippen molar-refractivity contribution in [3.8, 4) is 0 Å². The molecule has 1 aromatic carbocycles. The van der Waals surface area contributed by atoms with Crippen LogP contribution < -0.4 is 10.6 Å². The van der Waals surface area contributed by atoms with Crippen LogP contribution in [0.5, 0.6) is 0 Å².